The third kappa shape index (κ3) is 4.89. The van der Waals surface area contributed by atoms with E-state index in [1.165, 1.54) is 0 Å². The molecule has 0 bridgehead atoms. The molecule has 5 nitrogen and oxygen atoms in total. The summed E-state index contributed by atoms with van der Waals surface area (Å²) in [5.41, 5.74) is 2.86. The second-order valence-corrected chi connectivity index (χ2v) is 6.13. The zero-order chi connectivity index (χ0) is 19.8. The van der Waals surface area contributed by atoms with Crippen molar-refractivity contribution < 1.29 is 14.3 Å². The second-order valence-electron chi connectivity index (χ2n) is 6.13. The van der Waals surface area contributed by atoms with Crippen LogP contribution >= 0.6 is 0 Å². The summed E-state index contributed by atoms with van der Waals surface area (Å²) in [5.74, 6) is 1.01. The fourth-order valence-electron chi connectivity index (χ4n) is 2.69. The van der Waals surface area contributed by atoms with Crippen LogP contribution in [-0.2, 0) is 13.2 Å². The predicted octanol–water partition coefficient (Wildman–Crippen LogP) is 4.08. The molecule has 3 aromatic carbocycles. The number of hydrogen-bond acceptors (Lipinski definition) is 4. The average Bonchev–Trinajstić information content (AvgIpc) is 2.77. The van der Waals surface area contributed by atoms with Gasteiger partial charge in [-0.3, -0.25) is 4.79 Å². The SMILES string of the molecule is COc1cc(CNC(=O)c2cccc(C#N)c2)ccc1OCc1ccccc1. The van der Waals surface area contributed by atoms with Gasteiger partial charge in [0.25, 0.3) is 5.91 Å². The Labute approximate surface area is 164 Å². The number of nitrogens with zero attached hydrogens (tertiary/aromatic N) is 1. The number of methoxy groups -OCH3 is 1. The second kappa shape index (κ2) is 9.24. The Hall–Kier alpha value is -3.78. The summed E-state index contributed by atoms with van der Waals surface area (Å²) in [5, 5.41) is 11.8. The molecule has 0 radical (unpaired) electrons. The zero-order valence-electron chi connectivity index (χ0n) is 15.5. The lowest BCUT2D eigenvalue weighted by Gasteiger charge is -2.13. The van der Waals surface area contributed by atoms with Gasteiger partial charge in [-0.15, -0.1) is 0 Å². The molecule has 0 aliphatic heterocycles. The monoisotopic (exact) mass is 372 g/mol. The summed E-state index contributed by atoms with van der Waals surface area (Å²) in [7, 11) is 1.58. The largest absolute Gasteiger partial charge is 0.493 e. The molecule has 28 heavy (non-hydrogen) atoms. The van der Waals surface area contributed by atoms with Crippen molar-refractivity contribution >= 4 is 5.91 Å². The van der Waals surface area contributed by atoms with Gasteiger partial charge in [-0.2, -0.15) is 5.26 Å². The first-order valence-electron chi connectivity index (χ1n) is 8.81. The smallest absolute Gasteiger partial charge is 0.251 e. The molecule has 0 atom stereocenters. The Morgan fingerprint density at radius 2 is 1.79 bits per heavy atom. The zero-order valence-corrected chi connectivity index (χ0v) is 15.5. The van der Waals surface area contributed by atoms with Crippen molar-refractivity contribution in [2.45, 2.75) is 13.2 Å². The molecule has 0 unspecified atom stereocenters. The van der Waals surface area contributed by atoms with Crippen molar-refractivity contribution in [3.63, 3.8) is 0 Å². The Morgan fingerprint density at radius 1 is 0.964 bits per heavy atom. The van der Waals surface area contributed by atoms with Gasteiger partial charge in [0.2, 0.25) is 0 Å². The van der Waals surface area contributed by atoms with E-state index in [9.17, 15) is 4.79 Å². The summed E-state index contributed by atoms with van der Waals surface area (Å²) in [4.78, 5) is 12.3. The van der Waals surface area contributed by atoms with Gasteiger partial charge in [0.15, 0.2) is 11.5 Å². The highest BCUT2D eigenvalue weighted by Gasteiger charge is 2.09. The van der Waals surface area contributed by atoms with Crippen LogP contribution < -0.4 is 14.8 Å². The van der Waals surface area contributed by atoms with Crippen LogP contribution in [-0.4, -0.2) is 13.0 Å². The number of benzene rings is 3. The number of rotatable bonds is 7. The summed E-state index contributed by atoms with van der Waals surface area (Å²) in [6.45, 7) is 0.785. The predicted molar refractivity (Wildman–Crippen MR) is 106 cm³/mol. The van der Waals surface area contributed by atoms with Crippen molar-refractivity contribution in [3.8, 4) is 17.6 Å². The highest BCUT2D eigenvalue weighted by atomic mass is 16.5. The molecule has 0 saturated carbocycles. The Bertz CT molecular complexity index is 994. The minimum Gasteiger partial charge on any atom is -0.493 e. The first kappa shape index (κ1) is 19.0. The topological polar surface area (TPSA) is 71.3 Å². The first-order valence-corrected chi connectivity index (χ1v) is 8.81. The van der Waals surface area contributed by atoms with Crippen LogP contribution in [0.25, 0.3) is 0 Å². The Morgan fingerprint density at radius 3 is 2.54 bits per heavy atom. The van der Waals surface area contributed by atoms with Crippen molar-refractivity contribution in [2.24, 2.45) is 0 Å². The molecule has 0 fully saturated rings. The van der Waals surface area contributed by atoms with Crippen LogP contribution in [0.5, 0.6) is 11.5 Å². The van der Waals surface area contributed by atoms with Gasteiger partial charge < -0.3 is 14.8 Å². The Balaban J connectivity index is 1.63. The van der Waals surface area contributed by atoms with Gasteiger partial charge in [-0.05, 0) is 41.5 Å². The van der Waals surface area contributed by atoms with E-state index < -0.39 is 0 Å². The number of ether oxygens (including phenoxy) is 2. The van der Waals surface area contributed by atoms with E-state index in [1.807, 2.05) is 54.6 Å². The molecule has 0 aromatic heterocycles. The fraction of sp³-hybridized carbons (Fsp3) is 0.130. The van der Waals surface area contributed by atoms with Crippen molar-refractivity contribution in [3.05, 3.63) is 95.1 Å². The van der Waals surface area contributed by atoms with Gasteiger partial charge in [0, 0.05) is 12.1 Å². The van der Waals surface area contributed by atoms with Crippen LogP contribution in [0.3, 0.4) is 0 Å². The molecule has 3 rings (SSSR count). The highest BCUT2D eigenvalue weighted by Crippen LogP contribution is 2.28. The maximum absolute atomic E-state index is 12.3. The standard InChI is InChI=1S/C23H20N2O3/c1-27-22-13-19(10-11-21(22)28-16-17-6-3-2-4-7-17)15-25-23(26)20-9-5-8-18(12-20)14-24/h2-13H,15-16H2,1H3,(H,25,26). The van der Waals surface area contributed by atoms with Crippen LogP contribution in [0.1, 0.15) is 27.0 Å². The quantitative estimate of drug-likeness (QED) is 0.678. The van der Waals surface area contributed by atoms with Crippen molar-refractivity contribution in [1.29, 1.82) is 5.26 Å². The van der Waals surface area contributed by atoms with Gasteiger partial charge in [-0.1, -0.05) is 42.5 Å². The molecule has 0 aliphatic carbocycles. The van der Waals surface area contributed by atoms with Crippen LogP contribution in [0.2, 0.25) is 0 Å². The summed E-state index contributed by atoms with van der Waals surface area (Å²) >= 11 is 0. The lowest BCUT2D eigenvalue weighted by atomic mass is 10.1. The molecule has 5 heteroatoms. The summed E-state index contributed by atoms with van der Waals surface area (Å²) < 4.78 is 11.3. The maximum atomic E-state index is 12.3. The lowest BCUT2D eigenvalue weighted by Crippen LogP contribution is -2.22. The summed E-state index contributed by atoms with van der Waals surface area (Å²) in [6, 6.07) is 24.1. The van der Waals surface area contributed by atoms with E-state index in [4.69, 9.17) is 14.7 Å². The van der Waals surface area contributed by atoms with Gasteiger partial charge in [0.05, 0.1) is 18.7 Å². The van der Waals surface area contributed by atoms with Crippen LogP contribution in [0, 0.1) is 11.3 Å². The number of hydrogen-bond donors (Lipinski definition) is 1. The summed E-state index contributed by atoms with van der Waals surface area (Å²) in [6.07, 6.45) is 0. The van der Waals surface area contributed by atoms with E-state index >= 15 is 0 Å². The van der Waals surface area contributed by atoms with Crippen LogP contribution in [0.15, 0.2) is 72.8 Å². The van der Waals surface area contributed by atoms with E-state index in [1.54, 1.807) is 31.4 Å². The number of amides is 1. The normalized spacial score (nSPS) is 10.0. The van der Waals surface area contributed by atoms with Crippen LogP contribution in [0.4, 0.5) is 0 Å². The minimum absolute atomic E-state index is 0.236. The number of carbonyl (C=O) groups is 1. The molecule has 0 spiro atoms. The van der Waals surface area contributed by atoms with E-state index in [0.717, 1.165) is 11.1 Å². The van der Waals surface area contributed by atoms with Crippen molar-refractivity contribution in [2.75, 3.05) is 7.11 Å². The lowest BCUT2D eigenvalue weighted by molar-refractivity contribution is 0.0951. The van der Waals surface area contributed by atoms with E-state index in [2.05, 4.69) is 5.32 Å². The molecule has 1 amide bonds. The minimum atomic E-state index is -0.236. The number of nitriles is 1. The Kier molecular flexibility index (Phi) is 6.27. The van der Waals surface area contributed by atoms with Gasteiger partial charge >= 0.3 is 0 Å². The third-order valence-corrected chi connectivity index (χ3v) is 4.17. The molecular formula is C23H20N2O3. The van der Waals surface area contributed by atoms with Gasteiger partial charge in [-0.25, -0.2) is 0 Å². The van der Waals surface area contributed by atoms with E-state index in [0.29, 0.717) is 35.8 Å². The number of nitrogens with one attached hydrogen (secondary N) is 1. The van der Waals surface area contributed by atoms with Crippen molar-refractivity contribution in [1.82, 2.24) is 5.32 Å². The highest BCUT2D eigenvalue weighted by molar-refractivity contribution is 5.94. The molecule has 0 saturated heterocycles. The molecular weight excluding hydrogens is 352 g/mol. The number of carbonyl (C=O) groups excluding carboxylic acids is 1. The average molecular weight is 372 g/mol. The molecule has 0 aliphatic rings. The molecule has 1 N–H and O–H groups in total. The molecule has 0 heterocycles. The molecule has 3 aromatic rings. The maximum Gasteiger partial charge on any atom is 0.251 e. The third-order valence-electron chi connectivity index (χ3n) is 4.17. The van der Waals surface area contributed by atoms with E-state index in [-0.39, 0.29) is 5.91 Å². The fourth-order valence-corrected chi connectivity index (χ4v) is 2.69. The van der Waals surface area contributed by atoms with Gasteiger partial charge in [0.1, 0.15) is 6.61 Å². The first-order chi connectivity index (χ1) is 13.7. The molecule has 140 valence electrons.